The summed E-state index contributed by atoms with van der Waals surface area (Å²) in [6, 6.07) is 17.8. The number of esters is 3. The Kier molecular flexibility index (Phi) is 8.66. The van der Waals surface area contributed by atoms with Gasteiger partial charge < -0.3 is 14.2 Å². The maximum absolute atomic E-state index is 12.5. The minimum Gasteiger partial charge on any atom is -0.462 e. The predicted octanol–water partition coefficient (Wildman–Crippen LogP) is 6.06. The van der Waals surface area contributed by atoms with Crippen LogP contribution < -0.4 is 0 Å². The zero-order valence-electron chi connectivity index (χ0n) is 22.4. The lowest BCUT2D eigenvalue weighted by Gasteiger charge is -2.11. The highest BCUT2D eigenvalue weighted by molar-refractivity contribution is 5.97. The first-order valence-electron chi connectivity index (χ1n) is 13.0. The van der Waals surface area contributed by atoms with Crippen LogP contribution in [0.1, 0.15) is 64.3 Å². The molecule has 4 rings (SSSR count). The highest BCUT2D eigenvalue weighted by atomic mass is 16.5. The van der Waals surface area contributed by atoms with Gasteiger partial charge in [-0.1, -0.05) is 6.92 Å². The number of ether oxygens (including phenoxy) is 3. The molecular formula is C31H30N2O6. The number of aromatic nitrogens is 2. The van der Waals surface area contributed by atoms with E-state index in [0.29, 0.717) is 34.8 Å². The molecule has 0 N–H and O–H groups in total. The maximum atomic E-state index is 12.5. The van der Waals surface area contributed by atoms with Gasteiger partial charge >= 0.3 is 17.9 Å². The van der Waals surface area contributed by atoms with Gasteiger partial charge in [-0.15, -0.1) is 0 Å². The van der Waals surface area contributed by atoms with Gasteiger partial charge in [0.1, 0.15) is 0 Å². The Balaban J connectivity index is 1.80. The molecule has 0 aliphatic heterocycles. The summed E-state index contributed by atoms with van der Waals surface area (Å²) in [5.74, 6) is -1.47. The lowest BCUT2D eigenvalue weighted by molar-refractivity contribution is 0.0512. The molecule has 0 spiro atoms. The molecule has 200 valence electrons. The average molecular weight is 527 g/mol. The first-order chi connectivity index (χ1) is 18.9. The Morgan fingerprint density at radius 3 is 1.46 bits per heavy atom. The molecule has 2 heterocycles. The van der Waals surface area contributed by atoms with Crippen molar-refractivity contribution < 1.29 is 28.6 Å². The molecule has 2 aromatic heterocycles. The Labute approximate surface area is 227 Å². The van der Waals surface area contributed by atoms with E-state index in [4.69, 9.17) is 24.2 Å². The van der Waals surface area contributed by atoms with E-state index in [2.05, 4.69) is 0 Å². The molecular weight excluding hydrogens is 496 g/mol. The zero-order chi connectivity index (χ0) is 27.9. The highest BCUT2D eigenvalue weighted by Gasteiger charge is 2.17. The van der Waals surface area contributed by atoms with Gasteiger partial charge in [0, 0.05) is 16.5 Å². The summed E-state index contributed by atoms with van der Waals surface area (Å²) in [4.78, 5) is 47.0. The number of aryl methyl sites for hydroxylation is 1. The second kappa shape index (κ2) is 12.3. The Morgan fingerprint density at radius 1 is 0.590 bits per heavy atom. The second-order valence-electron chi connectivity index (χ2n) is 8.67. The molecule has 39 heavy (non-hydrogen) atoms. The van der Waals surface area contributed by atoms with Gasteiger partial charge in [-0.2, -0.15) is 0 Å². The third-order valence-electron chi connectivity index (χ3n) is 6.01. The van der Waals surface area contributed by atoms with Crippen LogP contribution in [-0.4, -0.2) is 47.7 Å². The van der Waals surface area contributed by atoms with Crippen LogP contribution in [-0.2, 0) is 20.6 Å². The molecule has 0 bridgehead atoms. The molecule has 0 atom stereocenters. The van der Waals surface area contributed by atoms with Crippen molar-refractivity contribution in [3.05, 3.63) is 82.9 Å². The molecule has 0 saturated heterocycles. The number of pyridine rings is 2. The van der Waals surface area contributed by atoms with E-state index in [9.17, 15) is 14.4 Å². The number of benzene rings is 2. The number of nitrogens with zero attached hydrogens (tertiary/aromatic N) is 2. The normalized spacial score (nSPS) is 10.8. The van der Waals surface area contributed by atoms with Crippen LogP contribution in [0.25, 0.3) is 33.5 Å². The van der Waals surface area contributed by atoms with Crippen molar-refractivity contribution in [1.29, 1.82) is 0 Å². The summed E-state index contributed by atoms with van der Waals surface area (Å²) in [5.41, 5.74) is 4.89. The first-order valence-corrected chi connectivity index (χ1v) is 13.0. The largest absolute Gasteiger partial charge is 0.462 e. The lowest BCUT2D eigenvalue weighted by Crippen LogP contribution is -2.10. The fraction of sp³-hybridized carbons (Fsp3) is 0.258. The van der Waals surface area contributed by atoms with E-state index >= 15 is 0 Å². The van der Waals surface area contributed by atoms with Crippen molar-refractivity contribution in [3.8, 4) is 22.5 Å². The van der Waals surface area contributed by atoms with Crippen molar-refractivity contribution in [3.63, 3.8) is 0 Å². The van der Waals surface area contributed by atoms with Crippen LogP contribution in [0.4, 0.5) is 0 Å². The molecule has 2 aromatic carbocycles. The van der Waals surface area contributed by atoms with Crippen molar-refractivity contribution in [2.24, 2.45) is 0 Å². The third kappa shape index (κ3) is 6.29. The molecule has 0 aliphatic rings. The fourth-order valence-corrected chi connectivity index (χ4v) is 4.14. The molecule has 4 aromatic rings. The summed E-state index contributed by atoms with van der Waals surface area (Å²) >= 11 is 0. The Hall–Kier alpha value is -4.59. The van der Waals surface area contributed by atoms with Crippen LogP contribution in [0.5, 0.6) is 0 Å². The number of carbonyl (C=O) groups excluding carboxylic acids is 3. The van der Waals surface area contributed by atoms with E-state index in [0.717, 1.165) is 22.9 Å². The highest BCUT2D eigenvalue weighted by Crippen LogP contribution is 2.27. The molecule has 0 fully saturated rings. The average Bonchev–Trinajstić information content (AvgIpc) is 2.96. The Bertz CT molecular complexity index is 1510. The minimum atomic E-state index is -0.542. The van der Waals surface area contributed by atoms with Crippen LogP contribution in [0.15, 0.2) is 60.7 Å². The van der Waals surface area contributed by atoms with Crippen LogP contribution >= 0.6 is 0 Å². The standard InChI is InChI=1S/C31H30N2O6/c1-5-19-13-21(15-23(14-19)29(34)37-6-2)26-11-9-20-10-12-27(33-28(20)32-26)22-16-24(30(35)38-7-3)18-25(17-22)31(36)39-8-4/h9-18H,5-8H2,1-4H3. The molecule has 0 unspecified atom stereocenters. The summed E-state index contributed by atoms with van der Waals surface area (Å²) in [5, 5.41) is 0.812. The summed E-state index contributed by atoms with van der Waals surface area (Å²) < 4.78 is 15.5. The first kappa shape index (κ1) is 27.4. The van der Waals surface area contributed by atoms with Gasteiger partial charge in [-0.05, 0) is 93.4 Å². The van der Waals surface area contributed by atoms with Gasteiger partial charge in [0.05, 0.1) is 47.9 Å². The maximum Gasteiger partial charge on any atom is 0.338 e. The minimum absolute atomic E-state index is 0.204. The topological polar surface area (TPSA) is 105 Å². The predicted molar refractivity (Wildman–Crippen MR) is 148 cm³/mol. The van der Waals surface area contributed by atoms with E-state index in [1.165, 1.54) is 6.07 Å². The van der Waals surface area contributed by atoms with Gasteiger partial charge in [0.15, 0.2) is 5.65 Å². The van der Waals surface area contributed by atoms with Gasteiger partial charge in [0.25, 0.3) is 0 Å². The molecule has 8 nitrogen and oxygen atoms in total. The second-order valence-corrected chi connectivity index (χ2v) is 8.67. The fourth-order valence-electron chi connectivity index (χ4n) is 4.14. The lowest BCUT2D eigenvalue weighted by atomic mass is 10.0. The number of hydrogen-bond donors (Lipinski definition) is 0. The molecule has 0 amide bonds. The summed E-state index contributed by atoms with van der Waals surface area (Å²) in [6.07, 6.45) is 0.746. The monoisotopic (exact) mass is 526 g/mol. The molecule has 0 saturated carbocycles. The van der Waals surface area contributed by atoms with E-state index in [-0.39, 0.29) is 30.3 Å². The van der Waals surface area contributed by atoms with Crippen LogP contribution in [0.2, 0.25) is 0 Å². The number of fused-ring (bicyclic) bond motifs is 1. The summed E-state index contributed by atoms with van der Waals surface area (Å²) in [7, 11) is 0. The number of rotatable bonds is 9. The third-order valence-corrected chi connectivity index (χ3v) is 6.01. The van der Waals surface area contributed by atoms with Crippen molar-refractivity contribution in [2.75, 3.05) is 19.8 Å². The van der Waals surface area contributed by atoms with Gasteiger partial charge in [-0.25, -0.2) is 24.4 Å². The zero-order valence-corrected chi connectivity index (χ0v) is 22.4. The van der Waals surface area contributed by atoms with Crippen molar-refractivity contribution in [2.45, 2.75) is 34.1 Å². The SMILES string of the molecule is CCOC(=O)c1cc(CC)cc(-c2ccc3ccc(-c4cc(C(=O)OCC)cc(C(=O)OCC)c4)nc3n2)c1. The summed E-state index contributed by atoms with van der Waals surface area (Å²) in [6.45, 7) is 7.92. The molecule has 0 aliphatic carbocycles. The van der Waals surface area contributed by atoms with E-state index in [1.54, 1.807) is 45.0 Å². The van der Waals surface area contributed by atoms with E-state index in [1.807, 2.05) is 37.3 Å². The molecule has 0 radical (unpaired) electrons. The number of hydrogen-bond acceptors (Lipinski definition) is 8. The smallest absolute Gasteiger partial charge is 0.338 e. The number of carbonyl (C=O) groups is 3. The quantitative estimate of drug-likeness (QED) is 0.192. The van der Waals surface area contributed by atoms with E-state index < -0.39 is 11.9 Å². The van der Waals surface area contributed by atoms with Crippen molar-refractivity contribution >= 4 is 28.9 Å². The molecule has 8 heteroatoms. The van der Waals surface area contributed by atoms with Crippen molar-refractivity contribution in [1.82, 2.24) is 9.97 Å². The van der Waals surface area contributed by atoms with Gasteiger partial charge in [-0.3, -0.25) is 0 Å². The van der Waals surface area contributed by atoms with Gasteiger partial charge in [0.2, 0.25) is 0 Å². The Morgan fingerprint density at radius 2 is 1.03 bits per heavy atom. The van der Waals surface area contributed by atoms with Crippen LogP contribution in [0.3, 0.4) is 0 Å². The van der Waals surface area contributed by atoms with Crippen LogP contribution in [0, 0.1) is 0 Å².